The summed E-state index contributed by atoms with van der Waals surface area (Å²) in [6.07, 6.45) is 9.07. The van der Waals surface area contributed by atoms with E-state index in [1.165, 1.54) is 24.8 Å². The van der Waals surface area contributed by atoms with Gasteiger partial charge in [0.2, 0.25) is 0 Å². The predicted octanol–water partition coefficient (Wildman–Crippen LogP) is 3.70. The van der Waals surface area contributed by atoms with E-state index in [-0.39, 0.29) is 0 Å². The van der Waals surface area contributed by atoms with Gasteiger partial charge < -0.3 is 0 Å². The van der Waals surface area contributed by atoms with Gasteiger partial charge in [-0.1, -0.05) is 37.6 Å². The summed E-state index contributed by atoms with van der Waals surface area (Å²) in [6, 6.07) is 0. The van der Waals surface area contributed by atoms with Gasteiger partial charge in [-0.05, 0) is 26.2 Å². The lowest BCUT2D eigenvalue weighted by atomic mass is 10.1. The molecule has 0 aromatic carbocycles. The van der Waals surface area contributed by atoms with Crippen LogP contribution in [0, 0.1) is 0 Å². The third-order valence-electron chi connectivity index (χ3n) is 1.53. The molecular formula is C10H18. The van der Waals surface area contributed by atoms with Crippen LogP contribution in [-0.4, -0.2) is 0 Å². The molecule has 0 atom stereocenters. The Morgan fingerprint density at radius 3 is 2.70 bits per heavy atom. The van der Waals surface area contributed by atoms with E-state index in [0.29, 0.717) is 0 Å². The Balaban J connectivity index is 3.25. The molecule has 0 aliphatic rings. The summed E-state index contributed by atoms with van der Waals surface area (Å²) < 4.78 is 0. The highest BCUT2D eigenvalue weighted by Crippen LogP contribution is 2.08. The minimum atomic E-state index is 1.07. The van der Waals surface area contributed by atoms with Crippen LogP contribution in [0.1, 0.15) is 39.5 Å². The predicted molar refractivity (Wildman–Crippen MR) is 48.1 cm³/mol. The molecule has 0 rings (SSSR count). The normalized spacial score (nSPS) is 10.6. The Hall–Kier alpha value is -0.520. The minimum absolute atomic E-state index is 1.07. The zero-order valence-electron chi connectivity index (χ0n) is 7.19. The van der Waals surface area contributed by atoms with Gasteiger partial charge in [0.25, 0.3) is 0 Å². The third-order valence-corrected chi connectivity index (χ3v) is 1.53. The summed E-state index contributed by atoms with van der Waals surface area (Å²) >= 11 is 0. The van der Waals surface area contributed by atoms with Crippen LogP contribution >= 0.6 is 0 Å². The maximum atomic E-state index is 3.98. The molecule has 0 amide bonds. The van der Waals surface area contributed by atoms with Crippen molar-refractivity contribution in [2.45, 2.75) is 39.5 Å². The van der Waals surface area contributed by atoms with Crippen molar-refractivity contribution in [3.63, 3.8) is 0 Å². The Bertz CT molecular complexity index is 109. The van der Waals surface area contributed by atoms with E-state index < -0.39 is 0 Å². The van der Waals surface area contributed by atoms with E-state index >= 15 is 0 Å². The quantitative estimate of drug-likeness (QED) is 0.508. The van der Waals surface area contributed by atoms with Crippen LogP contribution in [0.3, 0.4) is 0 Å². The van der Waals surface area contributed by atoms with E-state index in [4.69, 9.17) is 0 Å². The Kier molecular flexibility index (Phi) is 6.25. The molecule has 0 fully saturated rings. The minimum Gasteiger partial charge on any atom is -0.0995 e. The first-order valence-electron chi connectivity index (χ1n) is 4.09. The fourth-order valence-electron chi connectivity index (χ4n) is 0.813. The van der Waals surface area contributed by atoms with Gasteiger partial charge in [-0.3, -0.25) is 0 Å². The van der Waals surface area contributed by atoms with Crippen LogP contribution in [-0.2, 0) is 0 Å². The average molecular weight is 138 g/mol. The van der Waals surface area contributed by atoms with E-state index in [9.17, 15) is 0 Å². The van der Waals surface area contributed by atoms with Gasteiger partial charge in [-0.2, -0.15) is 0 Å². The van der Waals surface area contributed by atoms with E-state index in [1.807, 2.05) is 6.92 Å². The molecule has 58 valence electrons. The molecule has 0 saturated heterocycles. The van der Waals surface area contributed by atoms with E-state index in [1.54, 1.807) is 0 Å². The number of unbranched alkanes of at least 4 members (excludes halogenated alkanes) is 1. The topological polar surface area (TPSA) is 0 Å². The Morgan fingerprint density at radius 2 is 2.20 bits per heavy atom. The molecule has 0 N–H and O–H groups in total. The van der Waals surface area contributed by atoms with Crippen LogP contribution in [0.25, 0.3) is 0 Å². The van der Waals surface area contributed by atoms with Crippen molar-refractivity contribution in [2.24, 2.45) is 0 Å². The van der Waals surface area contributed by atoms with Gasteiger partial charge >= 0.3 is 0 Å². The first kappa shape index (κ1) is 9.48. The van der Waals surface area contributed by atoms with Gasteiger partial charge in [0.1, 0.15) is 0 Å². The lowest BCUT2D eigenvalue weighted by molar-refractivity contribution is 0.778. The molecule has 0 heterocycles. The third kappa shape index (κ3) is 5.61. The zero-order chi connectivity index (χ0) is 7.82. The molecular weight excluding hydrogens is 120 g/mol. The number of allylic oxidation sites excluding steroid dienone is 3. The summed E-state index contributed by atoms with van der Waals surface area (Å²) in [5.41, 5.74) is 1.36. The number of rotatable bonds is 5. The first-order chi connectivity index (χ1) is 4.81. The summed E-state index contributed by atoms with van der Waals surface area (Å²) in [5, 5.41) is 0. The van der Waals surface area contributed by atoms with Gasteiger partial charge in [-0.15, -0.1) is 0 Å². The van der Waals surface area contributed by atoms with Gasteiger partial charge in [0, 0.05) is 0 Å². The molecule has 0 nitrogen and oxygen atoms in total. The van der Waals surface area contributed by atoms with Crippen LogP contribution < -0.4 is 0 Å². The monoisotopic (exact) mass is 138 g/mol. The van der Waals surface area contributed by atoms with Crippen molar-refractivity contribution < 1.29 is 0 Å². The van der Waals surface area contributed by atoms with Crippen molar-refractivity contribution in [1.29, 1.82) is 0 Å². The summed E-state index contributed by atoms with van der Waals surface area (Å²) in [6.45, 7) is 8.24. The van der Waals surface area contributed by atoms with E-state index in [0.717, 1.165) is 6.42 Å². The van der Waals surface area contributed by atoms with Crippen LogP contribution in [0.15, 0.2) is 24.3 Å². The average Bonchev–Trinajstić information content (AvgIpc) is 1.97. The molecule has 10 heavy (non-hydrogen) atoms. The molecule has 0 aliphatic heterocycles. The lowest BCUT2D eigenvalue weighted by Gasteiger charge is -1.98. The number of hydrogen-bond donors (Lipinski definition) is 0. The molecule has 0 spiro atoms. The molecule has 0 bridgehead atoms. The van der Waals surface area contributed by atoms with Crippen molar-refractivity contribution in [2.75, 3.05) is 0 Å². The highest BCUT2D eigenvalue weighted by atomic mass is 13.9. The molecule has 0 heteroatoms. The van der Waals surface area contributed by atoms with Crippen LogP contribution in [0.5, 0.6) is 0 Å². The SMILES string of the molecule is C=C(CC=CC)CCCC. The smallest absolute Gasteiger partial charge is 0.0142 e. The summed E-state index contributed by atoms with van der Waals surface area (Å²) in [5.74, 6) is 0. The number of hydrogen-bond acceptors (Lipinski definition) is 0. The van der Waals surface area contributed by atoms with Crippen molar-refractivity contribution in [3.05, 3.63) is 24.3 Å². The second-order valence-electron chi connectivity index (χ2n) is 2.63. The lowest BCUT2D eigenvalue weighted by Crippen LogP contribution is -1.78. The second kappa shape index (κ2) is 6.60. The van der Waals surface area contributed by atoms with Gasteiger partial charge in [0.05, 0.1) is 0 Å². The summed E-state index contributed by atoms with van der Waals surface area (Å²) in [4.78, 5) is 0. The molecule has 0 aromatic rings. The van der Waals surface area contributed by atoms with Crippen molar-refractivity contribution in [3.8, 4) is 0 Å². The Morgan fingerprint density at radius 1 is 1.50 bits per heavy atom. The Labute approximate surface area is 64.6 Å². The van der Waals surface area contributed by atoms with Crippen molar-refractivity contribution >= 4 is 0 Å². The largest absolute Gasteiger partial charge is 0.0995 e. The molecule has 0 aliphatic carbocycles. The molecule has 0 saturated carbocycles. The molecule has 0 unspecified atom stereocenters. The fraction of sp³-hybridized carbons (Fsp3) is 0.600. The first-order valence-corrected chi connectivity index (χ1v) is 4.09. The van der Waals surface area contributed by atoms with Crippen LogP contribution in [0.2, 0.25) is 0 Å². The van der Waals surface area contributed by atoms with E-state index in [2.05, 4.69) is 25.7 Å². The summed E-state index contributed by atoms with van der Waals surface area (Å²) in [7, 11) is 0. The maximum absolute atomic E-state index is 3.98. The van der Waals surface area contributed by atoms with Gasteiger partial charge in [0.15, 0.2) is 0 Å². The highest BCUT2D eigenvalue weighted by molar-refractivity contribution is 5.01. The maximum Gasteiger partial charge on any atom is -0.0142 e. The highest BCUT2D eigenvalue weighted by Gasteiger charge is 1.88. The second-order valence-corrected chi connectivity index (χ2v) is 2.63. The standard InChI is InChI=1S/C10H18/c1-4-6-8-10(3)9-7-5-2/h4,6H,3,5,7-9H2,1-2H3. The zero-order valence-corrected chi connectivity index (χ0v) is 7.19. The van der Waals surface area contributed by atoms with Gasteiger partial charge in [-0.25, -0.2) is 0 Å². The fourth-order valence-corrected chi connectivity index (χ4v) is 0.813. The van der Waals surface area contributed by atoms with Crippen molar-refractivity contribution in [1.82, 2.24) is 0 Å². The van der Waals surface area contributed by atoms with Crippen LogP contribution in [0.4, 0.5) is 0 Å². The molecule has 0 aromatic heterocycles. The molecule has 0 radical (unpaired) electrons.